The van der Waals surface area contributed by atoms with Crippen LogP contribution in [0.2, 0.25) is 0 Å². The van der Waals surface area contributed by atoms with Crippen LogP contribution in [0.15, 0.2) is 57.4 Å². The van der Waals surface area contributed by atoms with E-state index in [0.29, 0.717) is 5.76 Å². The first kappa shape index (κ1) is 14.6. The summed E-state index contributed by atoms with van der Waals surface area (Å²) >= 11 is 3.38. The molecule has 0 fully saturated rings. The summed E-state index contributed by atoms with van der Waals surface area (Å²) in [6, 6.07) is 10.9. The molecule has 1 aromatic heterocycles. The Hall–Kier alpha value is -1.85. The number of aliphatic hydroxyl groups excluding tert-OH is 1. The van der Waals surface area contributed by atoms with Gasteiger partial charge >= 0.3 is 5.97 Å². The summed E-state index contributed by atoms with van der Waals surface area (Å²) in [6.07, 6.45) is -1.22. The zero-order valence-corrected chi connectivity index (χ0v) is 12.4. The number of carbonyl (C=O) groups excluding carboxylic acids is 1. The van der Waals surface area contributed by atoms with Crippen molar-refractivity contribution in [1.82, 2.24) is 0 Å². The van der Waals surface area contributed by atoms with Gasteiger partial charge < -0.3 is 14.3 Å². The molecule has 4 nitrogen and oxygen atoms in total. The van der Waals surface area contributed by atoms with Crippen molar-refractivity contribution < 1.29 is 19.1 Å². The lowest BCUT2D eigenvalue weighted by Crippen LogP contribution is -2.11. The zero-order valence-electron chi connectivity index (χ0n) is 10.8. The second-order valence-corrected chi connectivity index (χ2v) is 5.05. The van der Waals surface area contributed by atoms with E-state index in [1.807, 2.05) is 24.3 Å². The van der Waals surface area contributed by atoms with E-state index in [1.165, 1.54) is 7.11 Å². The van der Waals surface area contributed by atoms with Crippen molar-refractivity contribution in [3.05, 3.63) is 58.8 Å². The first-order valence-electron chi connectivity index (χ1n) is 5.83. The van der Waals surface area contributed by atoms with Gasteiger partial charge in [0.05, 0.1) is 12.7 Å². The number of esters is 1. The van der Waals surface area contributed by atoms with Gasteiger partial charge in [0, 0.05) is 10.0 Å². The predicted molar refractivity (Wildman–Crippen MR) is 78.0 cm³/mol. The van der Waals surface area contributed by atoms with Crippen molar-refractivity contribution in [3.63, 3.8) is 0 Å². The third-order valence-corrected chi connectivity index (χ3v) is 3.28. The van der Waals surface area contributed by atoms with E-state index >= 15 is 0 Å². The number of benzene rings is 1. The van der Waals surface area contributed by atoms with Crippen molar-refractivity contribution in [2.24, 2.45) is 0 Å². The normalized spacial score (nSPS) is 11.9. The molecule has 1 atom stereocenters. The third-order valence-electron chi connectivity index (χ3n) is 2.78. The minimum atomic E-state index is -1.22. The highest BCUT2D eigenvalue weighted by Crippen LogP contribution is 2.29. The Morgan fingerprint density at radius 3 is 2.80 bits per heavy atom. The number of hydrogen-bond acceptors (Lipinski definition) is 4. The molecule has 0 radical (unpaired) electrons. The Labute approximate surface area is 124 Å². The van der Waals surface area contributed by atoms with Crippen LogP contribution in [0.25, 0.3) is 11.3 Å². The molecular weight excluding hydrogens is 324 g/mol. The molecular formula is C15H13BrO4. The van der Waals surface area contributed by atoms with Gasteiger partial charge in [0.1, 0.15) is 17.6 Å². The van der Waals surface area contributed by atoms with Gasteiger partial charge in [0.15, 0.2) is 0 Å². The van der Waals surface area contributed by atoms with Crippen molar-refractivity contribution >= 4 is 21.9 Å². The Balaban J connectivity index is 2.25. The molecule has 1 unspecified atom stereocenters. The molecule has 0 aliphatic heterocycles. The first-order chi connectivity index (χ1) is 9.52. The Kier molecular flexibility index (Phi) is 4.42. The summed E-state index contributed by atoms with van der Waals surface area (Å²) in [4.78, 5) is 11.3. The van der Waals surface area contributed by atoms with E-state index in [4.69, 9.17) is 4.42 Å². The average molecular weight is 337 g/mol. The number of hydrogen-bond donors (Lipinski definition) is 1. The Morgan fingerprint density at radius 2 is 2.15 bits per heavy atom. The molecule has 1 heterocycles. The third kappa shape index (κ3) is 3.00. The molecule has 2 aromatic rings. The smallest absolute Gasteiger partial charge is 0.336 e. The number of aliphatic hydroxyl groups is 1. The number of rotatable bonds is 4. The van der Waals surface area contributed by atoms with E-state index in [-0.39, 0.29) is 11.3 Å². The first-order valence-corrected chi connectivity index (χ1v) is 6.63. The van der Waals surface area contributed by atoms with Gasteiger partial charge in [-0.1, -0.05) is 34.6 Å². The van der Waals surface area contributed by atoms with Crippen LogP contribution in [-0.2, 0) is 9.53 Å². The fourth-order valence-electron chi connectivity index (χ4n) is 1.71. The van der Waals surface area contributed by atoms with Gasteiger partial charge in [-0.3, -0.25) is 0 Å². The second kappa shape index (κ2) is 6.07. The van der Waals surface area contributed by atoms with Crippen LogP contribution in [0.4, 0.5) is 0 Å². The molecule has 5 heteroatoms. The molecule has 0 aliphatic rings. The van der Waals surface area contributed by atoms with Crippen LogP contribution in [0.5, 0.6) is 0 Å². The monoisotopic (exact) mass is 336 g/mol. The average Bonchev–Trinajstić information content (AvgIpc) is 2.94. The molecule has 104 valence electrons. The van der Waals surface area contributed by atoms with Crippen LogP contribution < -0.4 is 0 Å². The lowest BCUT2D eigenvalue weighted by atomic mass is 10.1. The van der Waals surface area contributed by atoms with Crippen LogP contribution in [0.1, 0.15) is 11.9 Å². The fraction of sp³-hybridized carbons (Fsp3) is 0.133. The van der Waals surface area contributed by atoms with E-state index in [0.717, 1.165) is 10.0 Å². The van der Waals surface area contributed by atoms with E-state index in [1.54, 1.807) is 12.1 Å². The predicted octanol–water partition coefficient (Wildman–Crippen LogP) is 3.47. The molecule has 0 aliphatic carbocycles. The second-order valence-electron chi connectivity index (χ2n) is 4.13. The summed E-state index contributed by atoms with van der Waals surface area (Å²) < 4.78 is 11.0. The molecule has 0 amide bonds. The molecule has 0 saturated carbocycles. The molecule has 0 saturated heterocycles. The number of carbonyl (C=O) groups is 1. The van der Waals surface area contributed by atoms with Gasteiger partial charge in [-0.25, -0.2) is 4.79 Å². The van der Waals surface area contributed by atoms with Gasteiger partial charge in [-0.05, 0) is 24.3 Å². The minimum absolute atomic E-state index is 0.0670. The van der Waals surface area contributed by atoms with Crippen molar-refractivity contribution in [2.45, 2.75) is 6.10 Å². The van der Waals surface area contributed by atoms with Crippen molar-refractivity contribution in [2.75, 3.05) is 7.11 Å². The van der Waals surface area contributed by atoms with Crippen LogP contribution in [-0.4, -0.2) is 18.2 Å². The number of furan rings is 1. The highest BCUT2D eigenvalue weighted by atomic mass is 79.9. The quantitative estimate of drug-likeness (QED) is 0.686. The lowest BCUT2D eigenvalue weighted by molar-refractivity contribution is -0.137. The summed E-state index contributed by atoms with van der Waals surface area (Å²) in [5.41, 5.74) is 0.796. The highest BCUT2D eigenvalue weighted by Gasteiger charge is 2.22. The molecule has 0 spiro atoms. The van der Waals surface area contributed by atoms with E-state index in [2.05, 4.69) is 27.2 Å². The molecule has 2 rings (SSSR count). The number of halogens is 1. The number of methoxy groups -OCH3 is 1. The van der Waals surface area contributed by atoms with Crippen molar-refractivity contribution in [1.29, 1.82) is 0 Å². The summed E-state index contributed by atoms with van der Waals surface area (Å²) in [5, 5.41) is 10.0. The van der Waals surface area contributed by atoms with Gasteiger partial charge in [-0.2, -0.15) is 0 Å². The van der Waals surface area contributed by atoms with Gasteiger partial charge in [0.25, 0.3) is 0 Å². The SMILES string of the molecule is C=C(C(=O)OC)C(O)c1ccc(-c2cccc(Br)c2)o1. The maximum atomic E-state index is 11.3. The van der Waals surface area contributed by atoms with Crippen molar-refractivity contribution in [3.8, 4) is 11.3 Å². The summed E-state index contributed by atoms with van der Waals surface area (Å²) in [6.45, 7) is 3.51. The number of ether oxygens (including phenoxy) is 1. The maximum Gasteiger partial charge on any atom is 0.336 e. The Bertz CT molecular complexity index is 645. The topological polar surface area (TPSA) is 59.7 Å². The zero-order chi connectivity index (χ0) is 14.7. The Morgan fingerprint density at radius 1 is 1.40 bits per heavy atom. The summed E-state index contributed by atoms with van der Waals surface area (Å²) in [7, 11) is 1.23. The summed E-state index contributed by atoms with van der Waals surface area (Å²) in [5.74, 6) is 0.172. The largest absolute Gasteiger partial charge is 0.466 e. The van der Waals surface area contributed by atoms with E-state index < -0.39 is 12.1 Å². The van der Waals surface area contributed by atoms with Crippen LogP contribution in [0.3, 0.4) is 0 Å². The highest BCUT2D eigenvalue weighted by molar-refractivity contribution is 9.10. The van der Waals surface area contributed by atoms with Crippen LogP contribution in [0, 0.1) is 0 Å². The molecule has 0 bridgehead atoms. The van der Waals surface area contributed by atoms with Gasteiger partial charge in [0.2, 0.25) is 0 Å². The van der Waals surface area contributed by atoms with Crippen LogP contribution >= 0.6 is 15.9 Å². The van der Waals surface area contributed by atoms with Gasteiger partial charge in [-0.15, -0.1) is 0 Å². The molecule has 20 heavy (non-hydrogen) atoms. The lowest BCUT2D eigenvalue weighted by Gasteiger charge is -2.09. The fourth-order valence-corrected chi connectivity index (χ4v) is 2.11. The molecule has 1 N–H and O–H groups in total. The minimum Gasteiger partial charge on any atom is -0.466 e. The molecule has 1 aromatic carbocycles. The standard InChI is InChI=1S/C15H13BrO4/c1-9(15(18)19-2)14(17)13-7-6-12(20-13)10-4-3-5-11(16)8-10/h3-8,14,17H,1H2,2H3. The van der Waals surface area contributed by atoms with E-state index in [9.17, 15) is 9.90 Å². The maximum absolute atomic E-state index is 11.3.